The van der Waals surface area contributed by atoms with Gasteiger partial charge in [-0.3, -0.25) is 14.4 Å². The maximum absolute atomic E-state index is 14.2. The highest BCUT2D eigenvalue weighted by molar-refractivity contribution is 6.02. The van der Waals surface area contributed by atoms with Crippen LogP contribution in [-0.4, -0.2) is 71.3 Å². The Kier molecular flexibility index (Phi) is 10.1. The summed E-state index contributed by atoms with van der Waals surface area (Å²) in [5, 5.41) is 15.2. The molecule has 3 aliphatic heterocycles. The van der Waals surface area contributed by atoms with Gasteiger partial charge in [-0.15, -0.1) is 0 Å². The molecule has 40 heavy (non-hydrogen) atoms. The molecule has 3 amide bonds. The molecule has 0 radical (unpaired) electrons. The van der Waals surface area contributed by atoms with Crippen molar-refractivity contribution in [2.24, 2.45) is 11.8 Å². The fourth-order valence-electron chi connectivity index (χ4n) is 7.11. The summed E-state index contributed by atoms with van der Waals surface area (Å²) in [6.45, 7) is 7.73. The van der Waals surface area contributed by atoms with Crippen molar-refractivity contribution in [2.45, 2.75) is 102 Å². The van der Waals surface area contributed by atoms with Crippen LogP contribution in [0.5, 0.6) is 5.75 Å². The predicted octanol–water partition coefficient (Wildman–Crippen LogP) is 4.04. The van der Waals surface area contributed by atoms with Gasteiger partial charge in [0, 0.05) is 25.4 Å². The second-order valence-electron chi connectivity index (χ2n) is 11.4. The summed E-state index contributed by atoms with van der Waals surface area (Å²) in [5.74, 6) is -1.23. The van der Waals surface area contributed by atoms with E-state index in [-0.39, 0.29) is 24.3 Å². The van der Waals surface area contributed by atoms with Gasteiger partial charge < -0.3 is 30.1 Å². The van der Waals surface area contributed by atoms with Gasteiger partial charge in [-0.2, -0.15) is 0 Å². The zero-order chi connectivity index (χ0) is 28.8. The first kappa shape index (κ1) is 30.3. The molecule has 222 valence electrons. The largest absolute Gasteiger partial charge is 0.494 e. The lowest BCUT2D eigenvalue weighted by atomic mass is 9.65. The van der Waals surface area contributed by atoms with E-state index < -0.39 is 29.1 Å². The Hall–Kier alpha value is -2.65. The molecule has 3 N–H and O–H groups in total. The normalized spacial score (nSPS) is 28.6. The molecule has 5 atom stereocenters. The maximum atomic E-state index is 14.2. The third-order valence-corrected chi connectivity index (χ3v) is 9.03. The smallest absolute Gasteiger partial charge is 0.245 e. The van der Waals surface area contributed by atoms with Gasteiger partial charge in [0.2, 0.25) is 17.7 Å². The number of rotatable bonds is 16. The van der Waals surface area contributed by atoms with Gasteiger partial charge in [0.25, 0.3) is 0 Å². The van der Waals surface area contributed by atoms with Crippen molar-refractivity contribution in [1.29, 1.82) is 0 Å². The van der Waals surface area contributed by atoms with Crippen LogP contribution in [0.25, 0.3) is 0 Å². The average molecular weight is 558 g/mol. The molecule has 1 aromatic carbocycles. The molecule has 3 aliphatic rings. The SMILES string of the molecule is CCCCCNC(=O)C1N(CCCCCCO)C(=O)[C@@H]2[C@H](C(=O)Nc3ccc(OCC)cc3)[C@]3(CC)CCC12O3. The molecule has 0 aliphatic carbocycles. The number of carbonyl (C=O) groups is 3. The van der Waals surface area contributed by atoms with Crippen LogP contribution in [0.2, 0.25) is 0 Å². The third kappa shape index (κ3) is 5.73. The number of amides is 3. The van der Waals surface area contributed by atoms with Crippen molar-refractivity contribution in [3.05, 3.63) is 24.3 Å². The Balaban J connectivity index is 1.59. The van der Waals surface area contributed by atoms with Crippen LogP contribution in [0.15, 0.2) is 24.3 Å². The first-order valence-corrected chi connectivity index (χ1v) is 15.3. The lowest BCUT2D eigenvalue weighted by molar-refractivity contribution is -0.146. The molecule has 3 saturated heterocycles. The predicted molar refractivity (Wildman–Crippen MR) is 153 cm³/mol. The Morgan fingerprint density at radius 2 is 1.77 bits per heavy atom. The first-order chi connectivity index (χ1) is 19.4. The molecule has 4 rings (SSSR count). The van der Waals surface area contributed by atoms with Crippen molar-refractivity contribution >= 4 is 23.4 Å². The quantitative estimate of drug-likeness (QED) is 0.264. The molecule has 1 spiro atoms. The standard InChI is InChI=1S/C31H47N3O6/c1-4-7-10-19-32-28(37)26-31-18-17-30(5-2,40-31)24(25(31)29(38)34(26)20-11-8-9-12-21-35)27(36)33-22-13-15-23(16-14-22)39-6-3/h13-16,24-26,35H,4-12,17-21H2,1-3H3,(H,32,37)(H,33,36)/t24-,25+,26?,30+,31?/m1/s1. The lowest BCUT2D eigenvalue weighted by Gasteiger charge is -2.34. The topological polar surface area (TPSA) is 117 Å². The Bertz CT molecular complexity index is 1030. The molecule has 3 heterocycles. The number of ether oxygens (including phenoxy) is 2. The minimum atomic E-state index is -1.01. The minimum absolute atomic E-state index is 0.148. The number of hydrogen-bond donors (Lipinski definition) is 3. The Labute approximate surface area is 238 Å². The zero-order valence-corrected chi connectivity index (χ0v) is 24.4. The first-order valence-electron chi connectivity index (χ1n) is 15.3. The second-order valence-corrected chi connectivity index (χ2v) is 11.4. The third-order valence-electron chi connectivity index (χ3n) is 9.03. The Morgan fingerprint density at radius 1 is 1.02 bits per heavy atom. The van der Waals surface area contributed by atoms with Crippen LogP contribution in [0, 0.1) is 11.8 Å². The number of carbonyl (C=O) groups excluding carboxylic acids is 3. The van der Waals surface area contributed by atoms with Gasteiger partial charge in [0.05, 0.1) is 24.0 Å². The van der Waals surface area contributed by atoms with E-state index in [1.54, 1.807) is 17.0 Å². The summed E-state index contributed by atoms with van der Waals surface area (Å²) >= 11 is 0. The van der Waals surface area contributed by atoms with Gasteiger partial charge in [-0.05, 0) is 69.7 Å². The van der Waals surface area contributed by atoms with Crippen LogP contribution in [0.1, 0.15) is 85.0 Å². The summed E-state index contributed by atoms with van der Waals surface area (Å²) in [7, 11) is 0. The van der Waals surface area contributed by atoms with Crippen LogP contribution in [-0.2, 0) is 19.1 Å². The molecule has 0 aromatic heterocycles. The molecule has 9 nitrogen and oxygen atoms in total. The number of likely N-dealkylation sites (tertiary alicyclic amines) is 1. The summed E-state index contributed by atoms with van der Waals surface area (Å²) in [6, 6.07) is 6.47. The highest BCUT2D eigenvalue weighted by atomic mass is 16.5. The van der Waals surface area contributed by atoms with Crippen molar-refractivity contribution in [3.8, 4) is 5.75 Å². The van der Waals surface area contributed by atoms with E-state index >= 15 is 0 Å². The van der Waals surface area contributed by atoms with E-state index in [2.05, 4.69) is 17.6 Å². The van der Waals surface area contributed by atoms with Crippen molar-refractivity contribution < 1.29 is 29.0 Å². The molecular formula is C31H47N3O6. The van der Waals surface area contributed by atoms with Gasteiger partial charge >= 0.3 is 0 Å². The van der Waals surface area contributed by atoms with Gasteiger partial charge in [0.15, 0.2) is 0 Å². The van der Waals surface area contributed by atoms with E-state index in [0.29, 0.717) is 44.6 Å². The number of fused-ring (bicyclic) bond motifs is 1. The van der Waals surface area contributed by atoms with E-state index in [1.807, 2.05) is 26.0 Å². The summed E-state index contributed by atoms with van der Waals surface area (Å²) in [5.41, 5.74) is -1.15. The molecule has 2 unspecified atom stereocenters. The number of benzene rings is 1. The Morgan fingerprint density at radius 3 is 2.45 bits per heavy atom. The van der Waals surface area contributed by atoms with Gasteiger partial charge in [-0.25, -0.2) is 0 Å². The second kappa shape index (κ2) is 13.3. The number of aliphatic hydroxyl groups is 1. The monoisotopic (exact) mass is 557 g/mol. The lowest BCUT2D eigenvalue weighted by Crippen LogP contribution is -2.55. The molecule has 2 bridgehead atoms. The van der Waals surface area contributed by atoms with E-state index in [9.17, 15) is 14.4 Å². The van der Waals surface area contributed by atoms with Crippen LogP contribution in [0.4, 0.5) is 5.69 Å². The number of aliphatic hydroxyl groups excluding tert-OH is 1. The average Bonchev–Trinajstić information content (AvgIpc) is 3.56. The van der Waals surface area contributed by atoms with Gasteiger partial charge in [0.1, 0.15) is 17.4 Å². The van der Waals surface area contributed by atoms with Crippen LogP contribution in [0.3, 0.4) is 0 Å². The van der Waals surface area contributed by atoms with Crippen molar-refractivity contribution in [3.63, 3.8) is 0 Å². The van der Waals surface area contributed by atoms with E-state index in [1.165, 1.54) is 0 Å². The molecule has 1 aromatic rings. The zero-order valence-electron chi connectivity index (χ0n) is 24.4. The fourth-order valence-corrected chi connectivity index (χ4v) is 7.11. The summed E-state index contributed by atoms with van der Waals surface area (Å²) in [4.78, 5) is 43.5. The van der Waals surface area contributed by atoms with Crippen LogP contribution >= 0.6 is 0 Å². The minimum Gasteiger partial charge on any atom is -0.494 e. The molecule has 3 fully saturated rings. The molecular weight excluding hydrogens is 510 g/mol. The van der Waals surface area contributed by atoms with E-state index in [0.717, 1.165) is 50.7 Å². The fraction of sp³-hybridized carbons (Fsp3) is 0.710. The summed E-state index contributed by atoms with van der Waals surface area (Å²) in [6.07, 6.45) is 7.94. The summed E-state index contributed by atoms with van der Waals surface area (Å²) < 4.78 is 12.3. The van der Waals surface area contributed by atoms with Crippen molar-refractivity contribution in [1.82, 2.24) is 10.2 Å². The number of unbranched alkanes of at least 4 members (excludes halogenated alkanes) is 5. The van der Waals surface area contributed by atoms with E-state index in [4.69, 9.17) is 14.6 Å². The van der Waals surface area contributed by atoms with Crippen molar-refractivity contribution in [2.75, 3.05) is 31.6 Å². The number of nitrogens with zero attached hydrogens (tertiary/aromatic N) is 1. The number of nitrogens with one attached hydrogen (secondary N) is 2. The maximum Gasteiger partial charge on any atom is 0.245 e. The molecule has 0 saturated carbocycles. The number of anilines is 1. The molecule has 9 heteroatoms. The van der Waals surface area contributed by atoms with Crippen LogP contribution < -0.4 is 15.4 Å². The number of hydrogen-bond acceptors (Lipinski definition) is 6. The highest BCUT2D eigenvalue weighted by Gasteiger charge is 2.78. The van der Waals surface area contributed by atoms with Gasteiger partial charge in [-0.1, -0.05) is 39.5 Å². The highest BCUT2D eigenvalue weighted by Crippen LogP contribution is 2.64.